The van der Waals surface area contributed by atoms with Crippen molar-refractivity contribution in [2.75, 3.05) is 17.7 Å². The van der Waals surface area contributed by atoms with Crippen LogP contribution in [0.4, 0.5) is 18.9 Å². The Labute approximate surface area is 159 Å². The van der Waals surface area contributed by atoms with Crippen molar-refractivity contribution in [3.05, 3.63) is 23.8 Å². The first-order chi connectivity index (χ1) is 12.7. The van der Waals surface area contributed by atoms with Crippen molar-refractivity contribution in [2.45, 2.75) is 50.2 Å². The quantitative estimate of drug-likeness (QED) is 0.812. The average molecular weight is 402 g/mol. The van der Waals surface area contributed by atoms with E-state index >= 15 is 0 Å². The van der Waals surface area contributed by atoms with Crippen molar-refractivity contribution in [2.24, 2.45) is 0 Å². The van der Waals surface area contributed by atoms with Gasteiger partial charge in [0.15, 0.2) is 0 Å². The molecule has 5 nitrogen and oxygen atoms in total. The Morgan fingerprint density at radius 1 is 1.44 bits per heavy atom. The minimum atomic E-state index is -4.53. The average Bonchev–Trinajstić information content (AvgIpc) is 3.09. The number of ether oxygens (including phenoxy) is 1. The van der Waals surface area contributed by atoms with Crippen LogP contribution in [-0.4, -0.2) is 40.0 Å². The first-order valence-corrected chi connectivity index (χ1v) is 9.75. The Hall–Kier alpha value is -1.90. The van der Waals surface area contributed by atoms with Gasteiger partial charge in [0.25, 0.3) is 0 Å². The molecule has 2 fully saturated rings. The lowest BCUT2D eigenvalue weighted by Crippen LogP contribution is -2.48. The fourth-order valence-electron chi connectivity index (χ4n) is 3.37. The number of carbonyl (C=O) groups excluding carboxylic acids is 2. The number of benzene rings is 1. The third kappa shape index (κ3) is 3.88. The highest BCUT2D eigenvalue weighted by Crippen LogP contribution is 2.47. The van der Waals surface area contributed by atoms with E-state index < -0.39 is 28.6 Å². The summed E-state index contributed by atoms with van der Waals surface area (Å²) in [6.07, 6.45) is -2.82. The Morgan fingerprint density at radius 3 is 2.85 bits per heavy atom. The van der Waals surface area contributed by atoms with Crippen LogP contribution in [0.1, 0.15) is 38.7 Å². The summed E-state index contributed by atoms with van der Waals surface area (Å²) in [5.41, 5.74) is -0.905. The van der Waals surface area contributed by atoms with Crippen molar-refractivity contribution in [1.29, 1.82) is 0 Å². The predicted molar refractivity (Wildman–Crippen MR) is 96.6 cm³/mol. The van der Waals surface area contributed by atoms with E-state index in [9.17, 15) is 22.8 Å². The number of alkyl halides is 3. The molecule has 0 bridgehead atoms. The van der Waals surface area contributed by atoms with Crippen LogP contribution < -0.4 is 10.1 Å². The second kappa shape index (κ2) is 7.26. The molecule has 2 aliphatic rings. The van der Waals surface area contributed by atoms with Crippen LogP contribution in [-0.2, 0) is 15.8 Å². The normalized spacial score (nSPS) is 24.9. The SMILES string of the molecule is CCCOc1ccc(C(F)(F)F)cc1NC(=O)C1CSC2(C)CCC(=O)N12. The summed E-state index contributed by atoms with van der Waals surface area (Å²) in [4.78, 5) is 26.1. The lowest BCUT2D eigenvalue weighted by atomic mass is 10.1. The zero-order valence-electron chi connectivity index (χ0n) is 15.1. The number of fused-ring (bicyclic) bond motifs is 1. The molecule has 148 valence electrons. The number of halogens is 3. The molecule has 0 aliphatic carbocycles. The van der Waals surface area contributed by atoms with Crippen molar-refractivity contribution in [1.82, 2.24) is 4.90 Å². The van der Waals surface area contributed by atoms with Crippen molar-refractivity contribution >= 4 is 29.3 Å². The number of nitrogens with zero attached hydrogens (tertiary/aromatic N) is 1. The summed E-state index contributed by atoms with van der Waals surface area (Å²) in [5.74, 6) is -0.00582. The van der Waals surface area contributed by atoms with E-state index in [1.54, 1.807) is 4.90 Å². The van der Waals surface area contributed by atoms with Gasteiger partial charge in [-0.2, -0.15) is 13.2 Å². The summed E-state index contributed by atoms with van der Waals surface area (Å²) in [7, 11) is 0. The number of carbonyl (C=O) groups is 2. The van der Waals surface area contributed by atoms with Gasteiger partial charge in [-0.05, 0) is 38.0 Å². The van der Waals surface area contributed by atoms with E-state index in [-0.39, 0.29) is 17.3 Å². The highest BCUT2D eigenvalue weighted by Gasteiger charge is 2.53. The van der Waals surface area contributed by atoms with Gasteiger partial charge in [-0.15, -0.1) is 11.8 Å². The lowest BCUT2D eigenvalue weighted by Gasteiger charge is -2.30. The zero-order valence-corrected chi connectivity index (χ0v) is 15.9. The maximum Gasteiger partial charge on any atom is 0.416 e. The molecule has 1 aromatic carbocycles. The second-order valence-corrected chi connectivity index (χ2v) is 8.31. The van der Waals surface area contributed by atoms with Gasteiger partial charge < -0.3 is 15.0 Å². The molecule has 0 aromatic heterocycles. The van der Waals surface area contributed by atoms with E-state index in [0.29, 0.717) is 31.6 Å². The largest absolute Gasteiger partial charge is 0.491 e. The van der Waals surface area contributed by atoms with Crippen LogP contribution in [0.25, 0.3) is 0 Å². The van der Waals surface area contributed by atoms with Crippen LogP contribution in [0.2, 0.25) is 0 Å². The third-order valence-corrected chi connectivity index (χ3v) is 6.28. The van der Waals surface area contributed by atoms with Crippen LogP contribution in [0, 0.1) is 0 Å². The van der Waals surface area contributed by atoms with Gasteiger partial charge in [0, 0.05) is 12.2 Å². The second-order valence-electron chi connectivity index (χ2n) is 6.81. The highest BCUT2D eigenvalue weighted by atomic mass is 32.2. The van der Waals surface area contributed by atoms with Gasteiger partial charge in [0.2, 0.25) is 11.8 Å². The van der Waals surface area contributed by atoms with Crippen LogP contribution in [0.15, 0.2) is 18.2 Å². The molecule has 2 aliphatic heterocycles. The van der Waals surface area contributed by atoms with E-state index in [4.69, 9.17) is 4.74 Å². The first-order valence-electron chi connectivity index (χ1n) is 8.77. The first kappa shape index (κ1) is 19.9. The van der Waals surface area contributed by atoms with Crippen molar-refractivity contribution in [3.63, 3.8) is 0 Å². The monoisotopic (exact) mass is 402 g/mol. The van der Waals surface area contributed by atoms with E-state index in [1.807, 2.05) is 13.8 Å². The number of anilines is 1. The molecule has 2 heterocycles. The fraction of sp³-hybridized carbons (Fsp3) is 0.556. The van der Waals surface area contributed by atoms with E-state index in [2.05, 4.69) is 5.32 Å². The van der Waals surface area contributed by atoms with Crippen LogP contribution in [0.3, 0.4) is 0 Å². The molecule has 1 aromatic rings. The van der Waals surface area contributed by atoms with E-state index in [1.165, 1.54) is 17.8 Å². The molecule has 0 radical (unpaired) electrons. The Balaban J connectivity index is 1.85. The molecular formula is C18H21F3N2O3S. The number of amides is 2. The van der Waals surface area contributed by atoms with Gasteiger partial charge in [-0.3, -0.25) is 9.59 Å². The van der Waals surface area contributed by atoms with Crippen LogP contribution >= 0.6 is 11.8 Å². The summed E-state index contributed by atoms with van der Waals surface area (Å²) in [6.45, 7) is 4.10. The lowest BCUT2D eigenvalue weighted by molar-refractivity contribution is -0.137. The number of hydrogen-bond donors (Lipinski definition) is 1. The van der Waals surface area contributed by atoms with Gasteiger partial charge in [0.1, 0.15) is 11.8 Å². The predicted octanol–water partition coefficient (Wildman–Crippen LogP) is 3.89. The highest BCUT2D eigenvalue weighted by molar-refractivity contribution is 8.01. The molecular weight excluding hydrogens is 381 g/mol. The molecule has 2 saturated heterocycles. The summed E-state index contributed by atoms with van der Waals surface area (Å²) < 4.78 is 44.7. The van der Waals surface area contributed by atoms with Gasteiger partial charge >= 0.3 is 6.18 Å². The Morgan fingerprint density at radius 2 is 2.19 bits per heavy atom. The smallest absolute Gasteiger partial charge is 0.416 e. The minimum Gasteiger partial charge on any atom is -0.491 e. The molecule has 0 saturated carbocycles. The third-order valence-electron chi connectivity index (χ3n) is 4.77. The van der Waals surface area contributed by atoms with E-state index in [0.717, 1.165) is 12.1 Å². The van der Waals surface area contributed by atoms with Gasteiger partial charge in [-0.25, -0.2) is 0 Å². The maximum atomic E-state index is 13.1. The molecule has 2 atom stereocenters. The summed E-state index contributed by atoms with van der Waals surface area (Å²) in [5, 5.41) is 2.55. The van der Waals surface area contributed by atoms with Gasteiger partial charge in [-0.1, -0.05) is 6.92 Å². The molecule has 27 heavy (non-hydrogen) atoms. The van der Waals surface area contributed by atoms with Gasteiger partial charge in [0.05, 0.1) is 22.7 Å². The van der Waals surface area contributed by atoms with Crippen LogP contribution in [0.5, 0.6) is 5.75 Å². The Bertz CT molecular complexity index is 756. The minimum absolute atomic E-state index is 0.0338. The molecule has 2 amide bonds. The molecule has 3 rings (SSSR count). The zero-order chi connectivity index (χ0) is 19.8. The molecule has 1 N–H and O–H groups in total. The van der Waals surface area contributed by atoms with Crippen molar-refractivity contribution in [3.8, 4) is 5.75 Å². The molecule has 9 heteroatoms. The fourth-order valence-corrected chi connectivity index (χ4v) is 4.80. The molecule has 2 unspecified atom stereocenters. The standard InChI is InChI=1S/C18H21F3N2O3S/c1-3-8-26-14-5-4-11(18(19,20)21)9-12(14)22-16(25)13-10-27-17(2)7-6-15(24)23(13)17/h4-5,9,13H,3,6-8,10H2,1-2H3,(H,22,25). The number of thioether (sulfide) groups is 1. The molecule has 0 spiro atoms. The maximum absolute atomic E-state index is 13.1. The number of nitrogens with one attached hydrogen (secondary N) is 1. The Kier molecular flexibility index (Phi) is 5.33. The number of rotatable bonds is 5. The van der Waals surface area contributed by atoms with Crippen molar-refractivity contribution < 1.29 is 27.5 Å². The topological polar surface area (TPSA) is 58.6 Å². The number of hydrogen-bond acceptors (Lipinski definition) is 4. The summed E-state index contributed by atoms with van der Waals surface area (Å²) >= 11 is 1.52. The summed E-state index contributed by atoms with van der Waals surface area (Å²) in [6, 6.07) is 2.30.